The van der Waals surface area contributed by atoms with Crippen LogP contribution >= 0.6 is 12.4 Å². The van der Waals surface area contributed by atoms with Crippen molar-refractivity contribution in [2.24, 2.45) is 5.73 Å². The first-order valence-corrected chi connectivity index (χ1v) is 6.25. The van der Waals surface area contributed by atoms with E-state index in [2.05, 4.69) is 5.16 Å². The first-order chi connectivity index (χ1) is 8.24. The number of rotatable bonds is 2. The van der Waals surface area contributed by atoms with Crippen LogP contribution in [0.25, 0.3) is 0 Å². The molecule has 2 aliphatic rings. The van der Waals surface area contributed by atoms with Crippen LogP contribution in [0.3, 0.4) is 0 Å². The number of nitrogens with two attached hydrogens (primary N) is 1. The van der Waals surface area contributed by atoms with Crippen LogP contribution in [0.1, 0.15) is 47.8 Å². The van der Waals surface area contributed by atoms with Gasteiger partial charge in [-0.1, -0.05) is 5.16 Å². The van der Waals surface area contributed by atoms with Crippen LogP contribution in [-0.4, -0.2) is 35.1 Å². The summed E-state index contributed by atoms with van der Waals surface area (Å²) in [5.41, 5.74) is 6.26. The van der Waals surface area contributed by atoms with E-state index in [1.165, 1.54) is 0 Å². The number of nitrogens with zero attached hydrogens (tertiary/aromatic N) is 2. The van der Waals surface area contributed by atoms with Gasteiger partial charge in [0.05, 0.1) is 0 Å². The number of hydrogen-bond donors (Lipinski definition) is 1. The van der Waals surface area contributed by atoms with Crippen molar-refractivity contribution in [2.75, 3.05) is 13.1 Å². The summed E-state index contributed by atoms with van der Waals surface area (Å²) in [4.78, 5) is 13.9. The van der Waals surface area contributed by atoms with E-state index in [0.29, 0.717) is 11.6 Å². The topological polar surface area (TPSA) is 72.4 Å². The van der Waals surface area contributed by atoms with E-state index in [1.54, 1.807) is 6.07 Å². The Labute approximate surface area is 112 Å². The minimum absolute atomic E-state index is 0. The van der Waals surface area contributed by atoms with Gasteiger partial charge in [-0.05, 0) is 25.7 Å². The molecule has 1 aliphatic heterocycles. The van der Waals surface area contributed by atoms with Crippen LogP contribution in [0.4, 0.5) is 0 Å². The Kier molecular flexibility index (Phi) is 3.92. The Bertz CT molecular complexity index is 423. The zero-order chi connectivity index (χ0) is 11.8. The van der Waals surface area contributed by atoms with Crippen LogP contribution in [0.2, 0.25) is 0 Å². The second kappa shape index (κ2) is 5.28. The van der Waals surface area contributed by atoms with Gasteiger partial charge in [0.15, 0.2) is 5.69 Å². The molecule has 1 saturated heterocycles. The van der Waals surface area contributed by atoms with Gasteiger partial charge in [-0.15, -0.1) is 12.4 Å². The molecule has 0 aromatic carbocycles. The van der Waals surface area contributed by atoms with Crippen molar-refractivity contribution in [2.45, 2.75) is 37.6 Å². The summed E-state index contributed by atoms with van der Waals surface area (Å²) in [6.07, 6.45) is 4.06. The van der Waals surface area contributed by atoms with Gasteiger partial charge in [0.25, 0.3) is 5.91 Å². The predicted molar refractivity (Wildman–Crippen MR) is 68.8 cm³/mol. The van der Waals surface area contributed by atoms with Gasteiger partial charge in [-0.2, -0.15) is 0 Å². The first-order valence-electron chi connectivity index (χ1n) is 6.25. The summed E-state index contributed by atoms with van der Waals surface area (Å²) in [6.45, 7) is 1.46. The van der Waals surface area contributed by atoms with Crippen molar-refractivity contribution in [1.29, 1.82) is 0 Å². The molecule has 2 heterocycles. The zero-order valence-electron chi connectivity index (χ0n) is 10.2. The fraction of sp³-hybridized carbons (Fsp3) is 0.667. The normalized spacial score (nSPS) is 20.6. The summed E-state index contributed by atoms with van der Waals surface area (Å²) in [6, 6.07) is 2.03. The lowest BCUT2D eigenvalue weighted by molar-refractivity contribution is 0.0704. The van der Waals surface area contributed by atoms with E-state index < -0.39 is 0 Å². The fourth-order valence-electron chi connectivity index (χ4n) is 2.21. The summed E-state index contributed by atoms with van der Waals surface area (Å²) in [5, 5.41) is 3.87. The molecular weight excluding hydrogens is 254 g/mol. The highest BCUT2D eigenvalue weighted by Gasteiger charge is 2.30. The number of hydrogen-bond acceptors (Lipinski definition) is 4. The maximum Gasteiger partial charge on any atom is 0.276 e. The minimum Gasteiger partial charge on any atom is -0.360 e. The maximum absolute atomic E-state index is 12.1. The molecule has 5 nitrogen and oxygen atoms in total. The number of likely N-dealkylation sites (tertiary alicyclic amines) is 1. The smallest absolute Gasteiger partial charge is 0.276 e. The fourth-order valence-corrected chi connectivity index (χ4v) is 2.21. The van der Waals surface area contributed by atoms with E-state index in [1.807, 2.05) is 4.90 Å². The Morgan fingerprint density at radius 1 is 1.33 bits per heavy atom. The van der Waals surface area contributed by atoms with Crippen LogP contribution in [0, 0.1) is 0 Å². The molecule has 0 unspecified atom stereocenters. The average molecular weight is 272 g/mol. The summed E-state index contributed by atoms with van der Waals surface area (Å²) >= 11 is 0. The Morgan fingerprint density at radius 3 is 2.61 bits per heavy atom. The lowest BCUT2D eigenvalue weighted by Gasteiger charge is -2.29. The molecule has 3 rings (SSSR count). The van der Waals surface area contributed by atoms with Gasteiger partial charge in [0.2, 0.25) is 0 Å². The van der Waals surface area contributed by atoms with Gasteiger partial charge in [0, 0.05) is 31.1 Å². The number of piperidine rings is 1. The molecule has 2 fully saturated rings. The molecule has 0 atom stereocenters. The largest absolute Gasteiger partial charge is 0.360 e. The molecule has 1 aromatic heterocycles. The molecule has 1 amide bonds. The molecule has 0 radical (unpaired) electrons. The summed E-state index contributed by atoms with van der Waals surface area (Å²) in [5.74, 6) is 1.34. The van der Waals surface area contributed by atoms with Crippen molar-refractivity contribution in [3.8, 4) is 0 Å². The molecule has 6 heteroatoms. The highest BCUT2D eigenvalue weighted by molar-refractivity contribution is 5.92. The molecular formula is C12H18ClN3O2. The molecule has 18 heavy (non-hydrogen) atoms. The van der Waals surface area contributed by atoms with E-state index in [9.17, 15) is 4.79 Å². The van der Waals surface area contributed by atoms with Crippen molar-refractivity contribution in [3.05, 3.63) is 17.5 Å². The molecule has 100 valence electrons. The van der Waals surface area contributed by atoms with Crippen LogP contribution < -0.4 is 5.73 Å². The quantitative estimate of drug-likeness (QED) is 0.886. The Morgan fingerprint density at radius 2 is 2.00 bits per heavy atom. The van der Waals surface area contributed by atoms with Gasteiger partial charge in [-0.3, -0.25) is 4.79 Å². The lowest BCUT2D eigenvalue weighted by atomic mass is 10.1. The summed E-state index contributed by atoms with van der Waals surface area (Å²) < 4.78 is 5.20. The van der Waals surface area contributed by atoms with E-state index in [0.717, 1.165) is 44.5 Å². The van der Waals surface area contributed by atoms with E-state index >= 15 is 0 Å². The van der Waals surface area contributed by atoms with Gasteiger partial charge < -0.3 is 15.2 Å². The number of carbonyl (C=O) groups excluding carboxylic acids is 1. The molecule has 0 bridgehead atoms. The molecule has 1 aliphatic carbocycles. The molecule has 2 N–H and O–H groups in total. The SMILES string of the molecule is Cl.NC1CCN(C(=O)c2cc(C3CC3)on2)CC1. The summed E-state index contributed by atoms with van der Waals surface area (Å²) in [7, 11) is 0. The van der Waals surface area contributed by atoms with Crippen LogP contribution in [0.5, 0.6) is 0 Å². The third-order valence-electron chi connectivity index (χ3n) is 3.55. The molecule has 1 aromatic rings. The van der Waals surface area contributed by atoms with Crippen molar-refractivity contribution < 1.29 is 9.32 Å². The maximum atomic E-state index is 12.1. The highest BCUT2D eigenvalue weighted by Crippen LogP contribution is 2.40. The molecule has 1 saturated carbocycles. The van der Waals surface area contributed by atoms with Gasteiger partial charge in [0.1, 0.15) is 5.76 Å². The number of aromatic nitrogens is 1. The number of amides is 1. The standard InChI is InChI=1S/C12H17N3O2.ClH/c13-9-3-5-15(6-4-9)12(16)10-7-11(17-14-10)8-1-2-8;/h7-9H,1-6,13H2;1H. The minimum atomic E-state index is -0.0208. The zero-order valence-corrected chi connectivity index (χ0v) is 11.0. The van der Waals surface area contributed by atoms with Crippen molar-refractivity contribution >= 4 is 18.3 Å². The highest BCUT2D eigenvalue weighted by atomic mass is 35.5. The Hall–Kier alpha value is -1.07. The van der Waals surface area contributed by atoms with E-state index in [-0.39, 0.29) is 24.4 Å². The number of halogens is 1. The van der Waals surface area contributed by atoms with Gasteiger partial charge in [-0.25, -0.2) is 0 Å². The second-order valence-corrected chi connectivity index (χ2v) is 5.02. The first kappa shape index (κ1) is 13.4. The number of carbonyl (C=O) groups is 1. The van der Waals surface area contributed by atoms with Crippen LogP contribution in [-0.2, 0) is 0 Å². The monoisotopic (exact) mass is 271 g/mol. The van der Waals surface area contributed by atoms with E-state index in [4.69, 9.17) is 10.3 Å². The van der Waals surface area contributed by atoms with Crippen molar-refractivity contribution in [1.82, 2.24) is 10.1 Å². The average Bonchev–Trinajstić information content (AvgIpc) is 3.07. The third kappa shape index (κ3) is 2.67. The second-order valence-electron chi connectivity index (χ2n) is 5.02. The molecule has 0 spiro atoms. The predicted octanol–water partition coefficient (Wildman–Crippen LogP) is 1.54. The third-order valence-corrected chi connectivity index (χ3v) is 3.55. The lowest BCUT2D eigenvalue weighted by Crippen LogP contribution is -2.42. The van der Waals surface area contributed by atoms with Crippen molar-refractivity contribution in [3.63, 3.8) is 0 Å². The van der Waals surface area contributed by atoms with Crippen LogP contribution in [0.15, 0.2) is 10.6 Å². The van der Waals surface area contributed by atoms with Gasteiger partial charge >= 0.3 is 0 Å². The Balaban J connectivity index is 0.00000120.